The average molecular weight is 210 g/mol. The second-order valence-electron chi connectivity index (χ2n) is 3.09. The fraction of sp³-hybridized carbons (Fsp3) is 0.364. The van der Waals surface area contributed by atoms with Crippen molar-refractivity contribution in [3.8, 4) is 5.75 Å². The number of aliphatic carboxylic acids is 1. The molecule has 4 heteroatoms. The Morgan fingerprint density at radius 1 is 1.40 bits per heavy atom. The van der Waals surface area contributed by atoms with Gasteiger partial charge in [-0.25, -0.2) is 0 Å². The van der Waals surface area contributed by atoms with Crippen LogP contribution < -0.4 is 4.74 Å². The van der Waals surface area contributed by atoms with E-state index in [0.29, 0.717) is 11.3 Å². The Bertz CT molecular complexity index is 335. The van der Waals surface area contributed by atoms with Gasteiger partial charge in [0.05, 0.1) is 13.7 Å². The molecule has 4 nitrogen and oxygen atoms in total. The third-order valence-electron chi connectivity index (χ3n) is 2.15. The van der Waals surface area contributed by atoms with E-state index >= 15 is 0 Å². The first-order valence-corrected chi connectivity index (χ1v) is 4.55. The van der Waals surface area contributed by atoms with Crippen LogP contribution in [-0.2, 0) is 9.53 Å². The first-order chi connectivity index (χ1) is 7.20. The van der Waals surface area contributed by atoms with Gasteiger partial charge in [-0.1, -0.05) is 18.2 Å². The minimum Gasteiger partial charge on any atom is -0.496 e. The molecule has 82 valence electrons. The number of para-hydroxylation sites is 1. The highest BCUT2D eigenvalue weighted by Crippen LogP contribution is 2.26. The minimum atomic E-state index is -0.915. The van der Waals surface area contributed by atoms with E-state index in [-0.39, 0.29) is 6.61 Å². The van der Waals surface area contributed by atoms with E-state index < -0.39 is 11.9 Å². The first-order valence-electron chi connectivity index (χ1n) is 4.55. The molecule has 1 unspecified atom stereocenters. The summed E-state index contributed by atoms with van der Waals surface area (Å²) in [5.74, 6) is -1.03. The van der Waals surface area contributed by atoms with Crippen molar-refractivity contribution < 1.29 is 19.4 Å². The normalized spacial score (nSPS) is 12.1. The number of hydrogen-bond donors (Lipinski definition) is 1. The monoisotopic (exact) mass is 210 g/mol. The predicted molar refractivity (Wildman–Crippen MR) is 55.2 cm³/mol. The largest absolute Gasteiger partial charge is 0.496 e. The molecule has 1 rings (SSSR count). The lowest BCUT2D eigenvalue weighted by Gasteiger charge is -2.14. The zero-order chi connectivity index (χ0) is 11.3. The summed E-state index contributed by atoms with van der Waals surface area (Å²) in [5, 5.41) is 9.04. The van der Waals surface area contributed by atoms with Crippen molar-refractivity contribution in [2.24, 2.45) is 0 Å². The third-order valence-corrected chi connectivity index (χ3v) is 2.15. The zero-order valence-corrected chi connectivity index (χ0v) is 8.77. The molecular weight excluding hydrogens is 196 g/mol. The summed E-state index contributed by atoms with van der Waals surface area (Å²) in [6, 6.07) is 7.05. The van der Waals surface area contributed by atoms with Crippen LogP contribution in [0.2, 0.25) is 0 Å². The molecule has 0 spiro atoms. The van der Waals surface area contributed by atoms with Gasteiger partial charge in [0.2, 0.25) is 0 Å². The summed E-state index contributed by atoms with van der Waals surface area (Å²) in [7, 11) is 3.00. The quantitative estimate of drug-likeness (QED) is 0.800. The van der Waals surface area contributed by atoms with Crippen molar-refractivity contribution >= 4 is 5.97 Å². The van der Waals surface area contributed by atoms with Crippen molar-refractivity contribution in [2.75, 3.05) is 20.8 Å². The molecule has 0 saturated heterocycles. The van der Waals surface area contributed by atoms with E-state index in [9.17, 15) is 4.79 Å². The van der Waals surface area contributed by atoms with Crippen molar-refractivity contribution in [3.05, 3.63) is 29.8 Å². The number of rotatable bonds is 5. The van der Waals surface area contributed by atoms with Crippen LogP contribution in [-0.4, -0.2) is 31.9 Å². The summed E-state index contributed by atoms with van der Waals surface area (Å²) >= 11 is 0. The Hall–Kier alpha value is -1.55. The number of hydrogen-bond acceptors (Lipinski definition) is 3. The molecule has 15 heavy (non-hydrogen) atoms. The molecule has 0 aromatic heterocycles. The summed E-state index contributed by atoms with van der Waals surface area (Å²) in [4.78, 5) is 11.0. The third kappa shape index (κ3) is 2.70. The molecule has 0 aliphatic rings. The van der Waals surface area contributed by atoms with Gasteiger partial charge in [-0.3, -0.25) is 4.79 Å². The molecule has 1 atom stereocenters. The van der Waals surface area contributed by atoms with Gasteiger partial charge in [0.25, 0.3) is 0 Å². The van der Waals surface area contributed by atoms with Crippen LogP contribution in [0.1, 0.15) is 11.5 Å². The molecule has 0 aliphatic heterocycles. The van der Waals surface area contributed by atoms with Gasteiger partial charge in [0.1, 0.15) is 11.7 Å². The van der Waals surface area contributed by atoms with Crippen molar-refractivity contribution in [1.82, 2.24) is 0 Å². The van der Waals surface area contributed by atoms with Crippen LogP contribution in [0.15, 0.2) is 24.3 Å². The van der Waals surface area contributed by atoms with Crippen molar-refractivity contribution in [2.45, 2.75) is 5.92 Å². The summed E-state index contributed by atoms with van der Waals surface area (Å²) in [6.45, 7) is 0.135. The standard InChI is InChI=1S/C11H14O4/c1-14-7-9(11(12)13)8-5-3-4-6-10(8)15-2/h3-6,9H,7H2,1-2H3,(H,12,13). The van der Waals surface area contributed by atoms with E-state index in [2.05, 4.69) is 0 Å². The molecular formula is C11H14O4. The summed E-state index contributed by atoms with van der Waals surface area (Å²) < 4.78 is 9.99. The fourth-order valence-electron chi connectivity index (χ4n) is 1.42. The van der Waals surface area contributed by atoms with Crippen molar-refractivity contribution in [3.63, 3.8) is 0 Å². The number of benzene rings is 1. The second-order valence-corrected chi connectivity index (χ2v) is 3.09. The van der Waals surface area contributed by atoms with Gasteiger partial charge in [0.15, 0.2) is 0 Å². The van der Waals surface area contributed by atoms with E-state index in [1.807, 2.05) is 0 Å². The highest BCUT2D eigenvalue weighted by molar-refractivity contribution is 5.77. The molecule has 0 aliphatic carbocycles. The lowest BCUT2D eigenvalue weighted by molar-refractivity contribution is -0.140. The zero-order valence-electron chi connectivity index (χ0n) is 8.77. The SMILES string of the molecule is COCC(C(=O)O)c1ccccc1OC. The van der Waals surface area contributed by atoms with Crippen LogP contribution in [0.3, 0.4) is 0 Å². The summed E-state index contributed by atoms with van der Waals surface area (Å²) in [5.41, 5.74) is 0.634. The van der Waals surface area contributed by atoms with Gasteiger partial charge < -0.3 is 14.6 Å². The Labute approximate surface area is 88.4 Å². The van der Waals surface area contributed by atoms with Crippen LogP contribution >= 0.6 is 0 Å². The Kier molecular flexibility index (Phi) is 4.12. The highest BCUT2D eigenvalue weighted by Gasteiger charge is 2.22. The minimum absolute atomic E-state index is 0.135. The predicted octanol–water partition coefficient (Wildman–Crippen LogP) is 1.51. The fourth-order valence-corrected chi connectivity index (χ4v) is 1.42. The molecule has 0 saturated carbocycles. The number of ether oxygens (including phenoxy) is 2. The van der Waals surface area contributed by atoms with Crippen molar-refractivity contribution in [1.29, 1.82) is 0 Å². The van der Waals surface area contributed by atoms with E-state index in [0.717, 1.165) is 0 Å². The Morgan fingerprint density at radius 2 is 2.07 bits per heavy atom. The first kappa shape index (κ1) is 11.5. The van der Waals surface area contributed by atoms with Crippen LogP contribution in [0.5, 0.6) is 5.75 Å². The molecule has 0 amide bonds. The van der Waals surface area contributed by atoms with Gasteiger partial charge in [-0.05, 0) is 6.07 Å². The molecule has 0 bridgehead atoms. The topological polar surface area (TPSA) is 55.8 Å². The number of carboxylic acid groups (broad SMARTS) is 1. The Morgan fingerprint density at radius 3 is 2.60 bits per heavy atom. The van der Waals surface area contributed by atoms with Gasteiger partial charge >= 0.3 is 5.97 Å². The van der Waals surface area contributed by atoms with Gasteiger partial charge in [0, 0.05) is 12.7 Å². The van der Waals surface area contributed by atoms with Crippen LogP contribution in [0, 0.1) is 0 Å². The maximum Gasteiger partial charge on any atom is 0.313 e. The molecule has 1 aromatic rings. The molecule has 1 N–H and O–H groups in total. The van der Waals surface area contributed by atoms with E-state index in [1.54, 1.807) is 24.3 Å². The number of methoxy groups -OCH3 is 2. The second kappa shape index (κ2) is 5.36. The van der Waals surface area contributed by atoms with Crippen LogP contribution in [0.25, 0.3) is 0 Å². The maximum absolute atomic E-state index is 11.0. The molecule has 0 heterocycles. The smallest absolute Gasteiger partial charge is 0.313 e. The lowest BCUT2D eigenvalue weighted by Crippen LogP contribution is -2.17. The molecule has 0 fully saturated rings. The molecule has 0 radical (unpaired) electrons. The van der Waals surface area contributed by atoms with Gasteiger partial charge in [-0.2, -0.15) is 0 Å². The Balaban J connectivity index is 3.04. The molecule has 1 aromatic carbocycles. The summed E-state index contributed by atoms with van der Waals surface area (Å²) in [6.07, 6.45) is 0. The maximum atomic E-state index is 11.0. The van der Waals surface area contributed by atoms with E-state index in [1.165, 1.54) is 14.2 Å². The van der Waals surface area contributed by atoms with Crippen LogP contribution in [0.4, 0.5) is 0 Å². The number of carbonyl (C=O) groups is 1. The van der Waals surface area contributed by atoms with Gasteiger partial charge in [-0.15, -0.1) is 0 Å². The highest BCUT2D eigenvalue weighted by atomic mass is 16.5. The van der Waals surface area contributed by atoms with E-state index in [4.69, 9.17) is 14.6 Å². The average Bonchev–Trinajstić information content (AvgIpc) is 2.25. The lowest BCUT2D eigenvalue weighted by atomic mass is 9.99. The number of carboxylic acids is 1.